The summed E-state index contributed by atoms with van der Waals surface area (Å²) in [6.07, 6.45) is 5.64. The maximum Gasteiger partial charge on any atom is 0.258 e. The molecule has 1 aromatic carbocycles. The topological polar surface area (TPSA) is 62.3 Å². The number of anilines is 1. The van der Waals surface area contributed by atoms with Crippen molar-refractivity contribution in [1.29, 1.82) is 0 Å². The molecule has 1 fully saturated rings. The largest absolute Gasteiger partial charge is 0.339 e. The second-order valence-electron chi connectivity index (χ2n) is 6.50. The van der Waals surface area contributed by atoms with Crippen molar-refractivity contribution in [3.8, 4) is 0 Å². The van der Waals surface area contributed by atoms with Crippen molar-refractivity contribution >= 4 is 28.3 Å². The molecule has 3 rings (SSSR count). The molecule has 0 bridgehead atoms. The van der Waals surface area contributed by atoms with Crippen LogP contribution in [0.4, 0.5) is 5.13 Å². The summed E-state index contributed by atoms with van der Waals surface area (Å²) in [5, 5.41) is 5.22. The maximum absolute atomic E-state index is 13.0. The summed E-state index contributed by atoms with van der Waals surface area (Å²) in [4.78, 5) is 31.6. The number of hydrogen-bond donors (Lipinski definition) is 1. The van der Waals surface area contributed by atoms with Crippen LogP contribution in [0.15, 0.2) is 29.6 Å². The van der Waals surface area contributed by atoms with Crippen LogP contribution in [0.1, 0.15) is 58.5 Å². The summed E-state index contributed by atoms with van der Waals surface area (Å²) < 4.78 is 0. The van der Waals surface area contributed by atoms with Crippen LogP contribution in [-0.4, -0.2) is 34.8 Å². The van der Waals surface area contributed by atoms with Gasteiger partial charge in [0.1, 0.15) is 0 Å². The summed E-state index contributed by atoms with van der Waals surface area (Å²) in [6, 6.07) is 7.26. The van der Waals surface area contributed by atoms with Crippen LogP contribution in [0.3, 0.4) is 0 Å². The minimum Gasteiger partial charge on any atom is -0.339 e. The highest BCUT2D eigenvalue weighted by Gasteiger charge is 2.26. The first-order valence-corrected chi connectivity index (χ1v) is 9.54. The molecule has 2 amide bonds. The first kappa shape index (κ1) is 17.6. The number of aryl methyl sites for hydroxylation is 1. The Morgan fingerprint density at radius 3 is 2.48 bits per heavy atom. The number of carbonyl (C=O) groups is 2. The normalized spacial score (nSPS) is 15.0. The number of amides is 2. The SMILES string of the molecule is Cc1csc(NC(=O)c2ccccc2C(=O)N(C)C2CCCCC2)n1. The molecule has 0 saturated heterocycles. The van der Waals surface area contributed by atoms with E-state index in [0.29, 0.717) is 16.3 Å². The summed E-state index contributed by atoms with van der Waals surface area (Å²) in [6.45, 7) is 1.88. The van der Waals surface area contributed by atoms with E-state index in [9.17, 15) is 9.59 Å². The zero-order chi connectivity index (χ0) is 17.8. The van der Waals surface area contributed by atoms with Gasteiger partial charge in [0.05, 0.1) is 16.8 Å². The van der Waals surface area contributed by atoms with Gasteiger partial charge in [-0.05, 0) is 31.9 Å². The fourth-order valence-electron chi connectivity index (χ4n) is 3.27. The van der Waals surface area contributed by atoms with Crippen LogP contribution in [0.2, 0.25) is 0 Å². The van der Waals surface area contributed by atoms with Crippen molar-refractivity contribution in [2.24, 2.45) is 0 Å². The van der Waals surface area contributed by atoms with Crippen molar-refractivity contribution in [1.82, 2.24) is 9.88 Å². The lowest BCUT2D eigenvalue weighted by Crippen LogP contribution is -2.39. The number of benzene rings is 1. The van der Waals surface area contributed by atoms with Gasteiger partial charge in [0.25, 0.3) is 11.8 Å². The Bertz CT molecular complexity index is 766. The number of nitrogens with one attached hydrogen (secondary N) is 1. The van der Waals surface area contributed by atoms with Gasteiger partial charge in [0.2, 0.25) is 0 Å². The van der Waals surface area contributed by atoms with Crippen LogP contribution < -0.4 is 5.32 Å². The molecular formula is C19H23N3O2S. The monoisotopic (exact) mass is 357 g/mol. The van der Waals surface area contributed by atoms with E-state index < -0.39 is 0 Å². The lowest BCUT2D eigenvalue weighted by molar-refractivity contribution is 0.0692. The Morgan fingerprint density at radius 2 is 1.84 bits per heavy atom. The summed E-state index contributed by atoms with van der Waals surface area (Å²) in [5.41, 5.74) is 1.70. The highest BCUT2D eigenvalue weighted by atomic mass is 32.1. The molecule has 1 aromatic heterocycles. The molecule has 2 aromatic rings. The number of hydrogen-bond acceptors (Lipinski definition) is 4. The van der Waals surface area contributed by atoms with E-state index in [1.807, 2.05) is 19.4 Å². The second kappa shape index (κ2) is 7.78. The van der Waals surface area contributed by atoms with Gasteiger partial charge in [0.15, 0.2) is 5.13 Å². The van der Waals surface area contributed by atoms with Gasteiger partial charge in [-0.2, -0.15) is 0 Å². The Labute approximate surface area is 152 Å². The number of thiazole rings is 1. The molecule has 0 aliphatic heterocycles. The van der Waals surface area contributed by atoms with Gasteiger partial charge >= 0.3 is 0 Å². The average molecular weight is 357 g/mol. The molecule has 1 N–H and O–H groups in total. The second-order valence-corrected chi connectivity index (χ2v) is 7.36. The van der Waals surface area contributed by atoms with E-state index in [-0.39, 0.29) is 17.9 Å². The van der Waals surface area contributed by atoms with Gasteiger partial charge in [-0.1, -0.05) is 31.4 Å². The van der Waals surface area contributed by atoms with Gasteiger partial charge in [-0.15, -0.1) is 11.3 Å². The molecule has 25 heavy (non-hydrogen) atoms. The van der Waals surface area contributed by atoms with Gasteiger partial charge in [0, 0.05) is 18.5 Å². The molecule has 0 atom stereocenters. The molecule has 132 valence electrons. The fraction of sp³-hybridized carbons (Fsp3) is 0.421. The standard InChI is InChI=1S/C19H23N3O2S/c1-13-12-25-19(20-13)21-17(23)15-10-6-7-11-16(15)18(24)22(2)14-8-4-3-5-9-14/h6-7,10-12,14H,3-5,8-9H2,1-2H3,(H,20,21,23). The summed E-state index contributed by atoms with van der Waals surface area (Å²) in [5.74, 6) is -0.386. The number of carbonyl (C=O) groups excluding carboxylic acids is 2. The first-order valence-electron chi connectivity index (χ1n) is 8.66. The minimum atomic E-state index is -0.296. The molecule has 0 radical (unpaired) electrons. The van der Waals surface area contributed by atoms with Gasteiger partial charge in [-0.3, -0.25) is 14.9 Å². The van der Waals surface area contributed by atoms with E-state index in [0.717, 1.165) is 31.4 Å². The highest BCUT2D eigenvalue weighted by Crippen LogP contribution is 2.24. The van der Waals surface area contributed by atoms with Crippen molar-refractivity contribution in [3.05, 3.63) is 46.5 Å². The van der Waals surface area contributed by atoms with Gasteiger partial charge < -0.3 is 4.90 Å². The molecule has 6 heteroatoms. The predicted molar refractivity (Wildman–Crippen MR) is 100 cm³/mol. The molecule has 5 nitrogen and oxygen atoms in total. The zero-order valence-corrected chi connectivity index (χ0v) is 15.4. The third-order valence-electron chi connectivity index (χ3n) is 4.68. The van der Waals surface area contributed by atoms with E-state index in [1.165, 1.54) is 17.8 Å². The third-order valence-corrected chi connectivity index (χ3v) is 5.56. The van der Waals surface area contributed by atoms with Crippen LogP contribution in [-0.2, 0) is 0 Å². The quantitative estimate of drug-likeness (QED) is 0.896. The first-order chi connectivity index (χ1) is 12.1. The van der Waals surface area contributed by atoms with Crippen LogP contribution in [0.5, 0.6) is 0 Å². The van der Waals surface area contributed by atoms with Crippen molar-refractivity contribution in [3.63, 3.8) is 0 Å². The van der Waals surface area contributed by atoms with Crippen LogP contribution >= 0.6 is 11.3 Å². The smallest absolute Gasteiger partial charge is 0.258 e. The molecule has 1 heterocycles. The number of rotatable bonds is 4. The minimum absolute atomic E-state index is 0.0898. The predicted octanol–water partition coefficient (Wildman–Crippen LogP) is 4.11. The van der Waals surface area contributed by atoms with Crippen molar-refractivity contribution in [2.75, 3.05) is 12.4 Å². The summed E-state index contributed by atoms with van der Waals surface area (Å²) >= 11 is 1.38. The Kier molecular flexibility index (Phi) is 5.48. The lowest BCUT2D eigenvalue weighted by Gasteiger charge is -2.31. The van der Waals surface area contributed by atoms with E-state index in [1.54, 1.807) is 29.2 Å². The zero-order valence-electron chi connectivity index (χ0n) is 14.6. The molecule has 0 spiro atoms. The molecule has 0 unspecified atom stereocenters. The van der Waals surface area contributed by atoms with Gasteiger partial charge in [-0.25, -0.2) is 4.98 Å². The van der Waals surface area contributed by atoms with E-state index in [4.69, 9.17) is 0 Å². The highest BCUT2D eigenvalue weighted by molar-refractivity contribution is 7.13. The van der Waals surface area contributed by atoms with Crippen molar-refractivity contribution in [2.45, 2.75) is 45.1 Å². The number of nitrogens with zero attached hydrogens (tertiary/aromatic N) is 2. The number of aromatic nitrogens is 1. The van der Waals surface area contributed by atoms with Crippen LogP contribution in [0, 0.1) is 6.92 Å². The lowest BCUT2D eigenvalue weighted by atomic mass is 9.93. The Balaban J connectivity index is 1.79. The molecule has 1 aliphatic rings. The molecule has 1 aliphatic carbocycles. The average Bonchev–Trinajstić information content (AvgIpc) is 3.06. The fourth-order valence-corrected chi connectivity index (χ4v) is 3.95. The maximum atomic E-state index is 13.0. The molecular weight excluding hydrogens is 334 g/mol. The van der Waals surface area contributed by atoms with E-state index in [2.05, 4.69) is 10.3 Å². The van der Waals surface area contributed by atoms with E-state index >= 15 is 0 Å². The van der Waals surface area contributed by atoms with Crippen molar-refractivity contribution < 1.29 is 9.59 Å². The Hall–Kier alpha value is -2.21. The summed E-state index contributed by atoms with van der Waals surface area (Å²) in [7, 11) is 1.84. The molecule has 1 saturated carbocycles. The Morgan fingerprint density at radius 1 is 1.16 bits per heavy atom. The van der Waals surface area contributed by atoms with Crippen LogP contribution in [0.25, 0.3) is 0 Å². The third kappa shape index (κ3) is 4.07.